The van der Waals surface area contributed by atoms with E-state index in [4.69, 9.17) is 4.74 Å². The molecule has 2 rings (SSSR count). The highest BCUT2D eigenvalue weighted by Gasteiger charge is 2.23. The van der Waals surface area contributed by atoms with E-state index < -0.39 is 0 Å². The molecule has 0 aliphatic carbocycles. The maximum Gasteiger partial charge on any atom is 0.253 e. The van der Waals surface area contributed by atoms with Crippen molar-refractivity contribution in [3.63, 3.8) is 0 Å². The van der Waals surface area contributed by atoms with Gasteiger partial charge in [-0.2, -0.15) is 0 Å². The van der Waals surface area contributed by atoms with Gasteiger partial charge in [-0.1, -0.05) is 15.9 Å². The van der Waals surface area contributed by atoms with E-state index in [0.717, 1.165) is 49.1 Å². The fraction of sp³-hybridized carbons (Fsp3) is 0.571. The van der Waals surface area contributed by atoms with Crippen molar-refractivity contribution < 1.29 is 9.53 Å². The molecule has 104 valence electrons. The summed E-state index contributed by atoms with van der Waals surface area (Å²) in [5.74, 6) is 0.101. The Morgan fingerprint density at radius 1 is 1.53 bits per heavy atom. The number of hydrogen-bond acceptors (Lipinski definition) is 3. The Labute approximate surface area is 122 Å². The third-order valence-electron chi connectivity index (χ3n) is 3.30. The highest BCUT2D eigenvalue weighted by Crippen LogP contribution is 2.16. The first-order valence-corrected chi connectivity index (χ1v) is 7.72. The first-order chi connectivity index (χ1) is 9.20. The predicted octanol–water partition coefficient (Wildman–Crippen LogP) is 2.41. The fourth-order valence-corrected chi connectivity index (χ4v) is 2.48. The molecule has 1 aliphatic heterocycles. The Morgan fingerprint density at radius 3 is 2.89 bits per heavy atom. The zero-order chi connectivity index (χ0) is 13.7. The molecule has 1 aromatic rings. The minimum atomic E-state index is 0.101. The molecule has 1 aliphatic rings. The smallest absolute Gasteiger partial charge is 0.253 e. The number of carbonyl (C=O) groups is 1. The van der Waals surface area contributed by atoms with E-state index in [1.165, 1.54) is 0 Å². The molecule has 4 nitrogen and oxygen atoms in total. The molecular formula is C14H19BrN2O2. The third-order valence-corrected chi connectivity index (χ3v) is 3.63. The van der Waals surface area contributed by atoms with E-state index in [0.29, 0.717) is 6.10 Å². The lowest BCUT2D eigenvalue weighted by molar-refractivity contribution is 0.0160. The first-order valence-electron chi connectivity index (χ1n) is 6.60. The van der Waals surface area contributed by atoms with Crippen LogP contribution in [-0.2, 0) is 4.74 Å². The second-order valence-electron chi connectivity index (χ2n) is 4.74. The molecule has 1 amide bonds. The molecule has 0 bridgehead atoms. The maximum absolute atomic E-state index is 12.3. The van der Waals surface area contributed by atoms with Gasteiger partial charge in [-0.25, -0.2) is 0 Å². The SMILES string of the molecule is Cc1cc(C(=O)N2CCC(OCCBr)CC2)ccn1. The van der Waals surface area contributed by atoms with Crippen LogP contribution in [0.2, 0.25) is 0 Å². The predicted molar refractivity (Wildman–Crippen MR) is 77.6 cm³/mol. The quantitative estimate of drug-likeness (QED) is 0.798. The van der Waals surface area contributed by atoms with Gasteiger partial charge < -0.3 is 9.64 Å². The molecule has 1 fully saturated rings. The summed E-state index contributed by atoms with van der Waals surface area (Å²) in [7, 11) is 0. The number of pyridine rings is 1. The van der Waals surface area contributed by atoms with E-state index >= 15 is 0 Å². The van der Waals surface area contributed by atoms with E-state index in [-0.39, 0.29) is 5.91 Å². The third kappa shape index (κ3) is 4.01. The number of aromatic nitrogens is 1. The van der Waals surface area contributed by atoms with Gasteiger partial charge in [0.2, 0.25) is 0 Å². The van der Waals surface area contributed by atoms with Crippen LogP contribution in [0.4, 0.5) is 0 Å². The number of amides is 1. The van der Waals surface area contributed by atoms with Crippen LogP contribution in [0.25, 0.3) is 0 Å². The summed E-state index contributed by atoms with van der Waals surface area (Å²) < 4.78 is 5.69. The number of likely N-dealkylation sites (tertiary alicyclic amines) is 1. The number of nitrogens with zero attached hydrogens (tertiary/aromatic N) is 2. The average molecular weight is 327 g/mol. The summed E-state index contributed by atoms with van der Waals surface area (Å²) in [5.41, 5.74) is 1.61. The van der Waals surface area contributed by atoms with Crippen molar-refractivity contribution in [2.45, 2.75) is 25.9 Å². The Balaban J connectivity index is 1.89. The second-order valence-corrected chi connectivity index (χ2v) is 5.53. The molecule has 5 heteroatoms. The fourth-order valence-electron chi connectivity index (χ4n) is 2.30. The number of aryl methyl sites for hydroxylation is 1. The van der Waals surface area contributed by atoms with Crippen molar-refractivity contribution in [1.82, 2.24) is 9.88 Å². The largest absolute Gasteiger partial charge is 0.377 e. The zero-order valence-electron chi connectivity index (χ0n) is 11.1. The lowest BCUT2D eigenvalue weighted by Crippen LogP contribution is -2.41. The summed E-state index contributed by atoms with van der Waals surface area (Å²) in [6.45, 7) is 4.18. The van der Waals surface area contributed by atoms with Crippen LogP contribution in [0.5, 0.6) is 0 Å². The number of carbonyl (C=O) groups excluding carboxylic acids is 1. The number of piperidine rings is 1. The summed E-state index contributed by atoms with van der Waals surface area (Å²) in [5, 5.41) is 0.864. The zero-order valence-corrected chi connectivity index (χ0v) is 12.7. The van der Waals surface area contributed by atoms with Gasteiger partial charge >= 0.3 is 0 Å². The standard InChI is InChI=1S/C14H19BrN2O2/c1-11-10-12(2-6-16-11)14(18)17-7-3-13(4-8-17)19-9-5-15/h2,6,10,13H,3-5,7-9H2,1H3. The molecule has 0 aromatic carbocycles. The van der Waals surface area contributed by atoms with Gasteiger partial charge in [0.25, 0.3) is 5.91 Å². The highest BCUT2D eigenvalue weighted by atomic mass is 79.9. The Hall–Kier alpha value is -0.940. The van der Waals surface area contributed by atoms with E-state index in [1.807, 2.05) is 17.9 Å². The second kappa shape index (κ2) is 7.01. The lowest BCUT2D eigenvalue weighted by Gasteiger charge is -2.32. The van der Waals surface area contributed by atoms with E-state index in [2.05, 4.69) is 20.9 Å². The molecule has 0 atom stereocenters. The molecule has 1 aromatic heterocycles. The van der Waals surface area contributed by atoms with Gasteiger partial charge in [0, 0.05) is 35.9 Å². The van der Waals surface area contributed by atoms with Gasteiger partial charge in [0.15, 0.2) is 0 Å². The van der Waals surface area contributed by atoms with Crippen molar-refractivity contribution in [3.05, 3.63) is 29.6 Å². The van der Waals surface area contributed by atoms with Gasteiger partial charge in [-0.05, 0) is 31.9 Å². The van der Waals surface area contributed by atoms with Crippen molar-refractivity contribution in [2.24, 2.45) is 0 Å². The Bertz CT molecular complexity index is 431. The van der Waals surface area contributed by atoms with E-state index in [1.54, 1.807) is 12.3 Å². The van der Waals surface area contributed by atoms with Gasteiger partial charge in [-0.3, -0.25) is 9.78 Å². The van der Waals surface area contributed by atoms with Crippen molar-refractivity contribution in [1.29, 1.82) is 0 Å². The molecule has 0 unspecified atom stereocenters. The minimum Gasteiger partial charge on any atom is -0.377 e. The molecule has 19 heavy (non-hydrogen) atoms. The van der Waals surface area contributed by atoms with Crippen LogP contribution >= 0.6 is 15.9 Å². The molecule has 0 radical (unpaired) electrons. The summed E-state index contributed by atoms with van der Waals surface area (Å²) in [6, 6.07) is 3.62. The first kappa shape index (κ1) is 14.5. The average Bonchev–Trinajstić information content (AvgIpc) is 2.45. The van der Waals surface area contributed by atoms with Crippen LogP contribution in [0.3, 0.4) is 0 Å². The summed E-state index contributed by atoms with van der Waals surface area (Å²) in [6.07, 6.45) is 3.82. The lowest BCUT2D eigenvalue weighted by atomic mass is 10.1. The number of alkyl halides is 1. The summed E-state index contributed by atoms with van der Waals surface area (Å²) in [4.78, 5) is 18.3. The van der Waals surface area contributed by atoms with Crippen molar-refractivity contribution >= 4 is 21.8 Å². The normalized spacial score (nSPS) is 16.6. The van der Waals surface area contributed by atoms with Gasteiger partial charge in [-0.15, -0.1) is 0 Å². The maximum atomic E-state index is 12.3. The molecular weight excluding hydrogens is 308 g/mol. The van der Waals surface area contributed by atoms with Crippen LogP contribution in [0.15, 0.2) is 18.3 Å². The highest BCUT2D eigenvalue weighted by molar-refractivity contribution is 9.09. The summed E-state index contributed by atoms with van der Waals surface area (Å²) >= 11 is 3.35. The van der Waals surface area contributed by atoms with Crippen LogP contribution in [0.1, 0.15) is 28.9 Å². The van der Waals surface area contributed by atoms with Crippen LogP contribution in [-0.4, -0.2) is 46.9 Å². The topological polar surface area (TPSA) is 42.4 Å². The van der Waals surface area contributed by atoms with Crippen LogP contribution in [0, 0.1) is 6.92 Å². The molecule has 0 N–H and O–H groups in total. The van der Waals surface area contributed by atoms with E-state index in [9.17, 15) is 4.79 Å². The number of hydrogen-bond donors (Lipinski definition) is 0. The minimum absolute atomic E-state index is 0.101. The molecule has 1 saturated heterocycles. The molecule has 0 saturated carbocycles. The Kier molecular flexibility index (Phi) is 5.34. The molecule has 0 spiro atoms. The monoisotopic (exact) mass is 326 g/mol. The van der Waals surface area contributed by atoms with Crippen molar-refractivity contribution in [2.75, 3.05) is 25.0 Å². The molecule has 2 heterocycles. The Morgan fingerprint density at radius 2 is 2.26 bits per heavy atom. The number of rotatable bonds is 4. The van der Waals surface area contributed by atoms with Gasteiger partial charge in [0.1, 0.15) is 0 Å². The number of ether oxygens (including phenoxy) is 1. The van der Waals surface area contributed by atoms with Crippen molar-refractivity contribution in [3.8, 4) is 0 Å². The van der Waals surface area contributed by atoms with Gasteiger partial charge in [0.05, 0.1) is 12.7 Å². The van der Waals surface area contributed by atoms with Crippen LogP contribution < -0.4 is 0 Å². The number of halogens is 1.